The Balaban J connectivity index is 1.37. The second-order valence-corrected chi connectivity index (χ2v) is 8.85. The first-order valence-electron chi connectivity index (χ1n) is 11.2. The molecule has 164 valence electrons. The van der Waals surface area contributed by atoms with E-state index in [-0.39, 0.29) is 29.9 Å². The summed E-state index contributed by atoms with van der Waals surface area (Å²) in [5.41, 5.74) is 2.49. The number of likely N-dealkylation sites (N-methyl/N-ethyl adjacent to an activating group) is 1. The molecule has 0 unspecified atom stereocenters. The van der Waals surface area contributed by atoms with Crippen LogP contribution in [0.3, 0.4) is 0 Å². The average molecular weight is 415 g/mol. The van der Waals surface area contributed by atoms with Gasteiger partial charge in [0.1, 0.15) is 6.04 Å². The van der Waals surface area contributed by atoms with Crippen molar-refractivity contribution in [2.45, 2.75) is 50.9 Å². The molecule has 4 rings (SSSR count). The van der Waals surface area contributed by atoms with Crippen LogP contribution in [0.4, 0.5) is 0 Å². The molecule has 2 amide bonds. The Kier molecular flexibility index (Phi) is 6.71. The van der Waals surface area contributed by atoms with Gasteiger partial charge in [-0.2, -0.15) is 0 Å². The zero-order valence-corrected chi connectivity index (χ0v) is 18.2. The van der Waals surface area contributed by atoms with Crippen molar-refractivity contribution in [3.8, 4) is 0 Å². The summed E-state index contributed by atoms with van der Waals surface area (Å²) >= 11 is 0. The summed E-state index contributed by atoms with van der Waals surface area (Å²) in [5.74, 6) is 0.324. The van der Waals surface area contributed by atoms with Crippen LogP contribution < -0.4 is 5.32 Å². The molecule has 3 atom stereocenters. The third-order valence-electron chi connectivity index (χ3n) is 6.91. The second kappa shape index (κ2) is 9.45. The van der Waals surface area contributed by atoms with Crippen molar-refractivity contribution in [1.29, 1.82) is 0 Å². The van der Waals surface area contributed by atoms with E-state index in [2.05, 4.69) is 53.4 Å². The maximum atomic E-state index is 13.0. The largest absolute Gasteiger partial charge is 0.378 e. The number of amides is 2. The molecule has 3 heterocycles. The van der Waals surface area contributed by atoms with Gasteiger partial charge in [0.25, 0.3) is 0 Å². The fraction of sp³-hybridized carbons (Fsp3) is 0.652. The standard InChI is InChI=1S/C23H34N4O3/c1-17-3-5-18(6-4-17)16-27-10-9-20-22(27)23(29)24-15-19(25(20)2)7-8-21(28)26-11-13-30-14-12-26/h3-6,19-20,22H,7-16H2,1-2H3,(H,24,29)/t19-,20-,22-/m0/s1. The van der Waals surface area contributed by atoms with Gasteiger partial charge in [0, 0.05) is 51.2 Å². The van der Waals surface area contributed by atoms with Crippen LogP contribution in [0.15, 0.2) is 24.3 Å². The number of ether oxygens (including phenoxy) is 1. The Morgan fingerprint density at radius 1 is 1.17 bits per heavy atom. The molecule has 0 saturated carbocycles. The summed E-state index contributed by atoms with van der Waals surface area (Å²) < 4.78 is 5.34. The number of carbonyl (C=O) groups is 2. The molecule has 1 aromatic rings. The van der Waals surface area contributed by atoms with Crippen LogP contribution in [0.1, 0.15) is 30.4 Å². The molecular formula is C23H34N4O3. The van der Waals surface area contributed by atoms with Crippen molar-refractivity contribution in [1.82, 2.24) is 20.0 Å². The van der Waals surface area contributed by atoms with Gasteiger partial charge in [-0.15, -0.1) is 0 Å². The lowest BCUT2D eigenvalue weighted by molar-refractivity contribution is -0.135. The van der Waals surface area contributed by atoms with Crippen molar-refractivity contribution in [2.24, 2.45) is 0 Å². The fourth-order valence-corrected chi connectivity index (χ4v) is 5.02. The summed E-state index contributed by atoms with van der Waals surface area (Å²) in [5, 5.41) is 3.16. The van der Waals surface area contributed by atoms with Crippen LogP contribution >= 0.6 is 0 Å². The molecule has 3 aliphatic heterocycles. The Bertz CT molecular complexity index is 747. The van der Waals surface area contributed by atoms with Crippen LogP contribution in [0.25, 0.3) is 0 Å². The SMILES string of the molecule is Cc1ccc(CN2CC[C@H]3[C@H]2C(=O)NC[C@H](CCC(=O)N2CCOCC2)N3C)cc1. The van der Waals surface area contributed by atoms with Gasteiger partial charge in [0.05, 0.1) is 13.2 Å². The van der Waals surface area contributed by atoms with Gasteiger partial charge in [-0.25, -0.2) is 0 Å². The lowest BCUT2D eigenvalue weighted by Crippen LogP contribution is -2.49. The van der Waals surface area contributed by atoms with Gasteiger partial charge in [-0.1, -0.05) is 29.8 Å². The molecule has 1 aromatic carbocycles. The minimum atomic E-state index is -0.128. The molecule has 3 aliphatic rings. The minimum Gasteiger partial charge on any atom is -0.378 e. The number of nitrogens with one attached hydrogen (secondary N) is 1. The lowest BCUT2D eigenvalue weighted by atomic mass is 10.0. The Morgan fingerprint density at radius 2 is 1.90 bits per heavy atom. The molecule has 3 saturated heterocycles. The maximum absolute atomic E-state index is 13.0. The summed E-state index contributed by atoms with van der Waals surface area (Å²) in [6, 6.07) is 8.82. The Hall–Kier alpha value is -1.96. The number of fused-ring (bicyclic) bond motifs is 1. The molecule has 0 radical (unpaired) electrons. The number of rotatable bonds is 5. The predicted molar refractivity (Wildman–Crippen MR) is 115 cm³/mol. The monoisotopic (exact) mass is 414 g/mol. The first kappa shape index (κ1) is 21.3. The van der Waals surface area contributed by atoms with Gasteiger partial charge >= 0.3 is 0 Å². The topological polar surface area (TPSA) is 65.1 Å². The molecule has 3 fully saturated rings. The first-order chi connectivity index (χ1) is 14.5. The zero-order valence-electron chi connectivity index (χ0n) is 18.2. The number of nitrogens with zero attached hydrogens (tertiary/aromatic N) is 3. The summed E-state index contributed by atoms with van der Waals surface area (Å²) in [6.45, 7) is 7.05. The normalized spacial score (nSPS) is 28.1. The molecule has 7 heteroatoms. The molecule has 0 aliphatic carbocycles. The van der Waals surface area contributed by atoms with Crippen molar-refractivity contribution in [3.63, 3.8) is 0 Å². The van der Waals surface area contributed by atoms with E-state index in [1.165, 1.54) is 11.1 Å². The number of hydrogen-bond donors (Lipinski definition) is 1. The molecule has 1 N–H and O–H groups in total. The van der Waals surface area contributed by atoms with Crippen molar-refractivity contribution < 1.29 is 14.3 Å². The summed E-state index contributed by atoms with van der Waals surface area (Å²) in [7, 11) is 2.12. The molecule has 0 bridgehead atoms. The first-order valence-corrected chi connectivity index (χ1v) is 11.2. The van der Waals surface area contributed by atoms with E-state index >= 15 is 0 Å². The second-order valence-electron chi connectivity index (χ2n) is 8.85. The van der Waals surface area contributed by atoms with Gasteiger partial charge in [-0.05, 0) is 32.4 Å². The van der Waals surface area contributed by atoms with Crippen molar-refractivity contribution in [3.05, 3.63) is 35.4 Å². The average Bonchev–Trinajstić information content (AvgIpc) is 3.13. The molecule has 0 aromatic heterocycles. The van der Waals surface area contributed by atoms with E-state index in [0.29, 0.717) is 39.3 Å². The predicted octanol–water partition coefficient (Wildman–Crippen LogP) is 1.01. The molecule has 30 heavy (non-hydrogen) atoms. The number of hydrogen-bond acceptors (Lipinski definition) is 5. The maximum Gasteiger partial charge on any atom is 0.239 e. The minimum absolute atomic E-state index is 0.124. The molecule has 7 nitrogen and oxygen atoms in total. The van der Waals surface area contributed by atoms with Crippen LogP contribution in [0, 0.1) is 6.92 Å². The van der Waals surface area contributed by atoms with Crippen LogP contribution in [-0.2, 0) is 20.9 Å². The van der Waals surface area contributed by atoms with E-state index < -0.39 is 0 Å². The van der Waals surface area contributed by atoms with Gasteiger partial charge in [0.15, 0.2) is 0 Å². The van der Waals surface area contributed by atoms with Crippen LogP contribution in [-0.4, -0.2) is 91.1 Å². The number of likely N-dealkylation sites (tertiary alicyclic amines) is 1. The van der Waals surface area contributed by atoms with E-state index in [0.717, 1.165) is 25.9 Å². The zero-order chi connectivity index (χ0) is 21.1. The molecular weight excluding hydrogens is 380 g/mol. The number of carbonyl (C=O) groups excluding carboxylic acids is 2. The lowest BCUT2D eigenvalue weighted by Gasteiger charge is -2.33. The Labute approximate surface area is 179 Å². The third kappa shape index (κ3) is 4.68. The van der Waals surface area contributed by atoms with Crippen molar-refractivity contribution in [2.75, 3.05) is 46.4 Å². The third-order valence-corrected chi connectivity index (χ3v) is 6.91. The van der Waals surface area contributed by atoms with Gasteiger partial charge in [0.2, 0.25) is 11.8 Å². The van der Waals surface area contributed by atoms with Crippen molar-refractivity contribution >= 4 is 11.8 Å². The van der Waals surface area contributed by atoms with Gasteiger partial charge in [-0.3, -0.25) is 19.4 Å². The van der Waals surface area contributed by atoms with Gasteiger partial charge < -0.3 is 15.0 Å². The van der Waals surface area contributed by atoms with E-state index in [1.807, 2.05) is 4.90 Å². The fourth-order valence-electron chi connectivity index (χ4n) is 5.02. The van der Waals surface area contributed by atoms with Crippen LogP contribution in [0.2, 0.25) is 0 Å². The highest BCUT2D eigenvalue weighted by atomic mass is 16.5. The van der Waals surface area contributed by atoms with E-state index in [4.69, 9.17) is 4.74 Å². The van der Waals surface area contributed by atoms with E-state index in [9.17, 15) is 9.59 Å². The number of morpholine rings is 1. The number of aryl methyl sites for hydroxylation is 1. The number of benzene rings is 1. The quantitative estimate of drug-likeness (QED) is 0.779. The highest BCUT2D eigenvalue weighted by Gasteiger charge is 2.44. The highest BCUT2D eigenvalue weighted by molar-refractivity contribution is 5.83. The summed E-state index contributed by atoms with van der Waals surface area (Å²) in [6.07, 6.45) is 2.28. The smallest absolute Gasteiger partial charge is 0.239 e. The summed E-state index contributed by atoms with van der Waals surface area (Å²) in [4.78, 5) is 32.1. The Morgan fingerprint density at radius 3 is 2.63 bits per heavy atom. The van der Waals surface area contributed by atoms with Crippen LogP contribution in [0.5, 0.6) is 0 Å². The molecule has 0 spiro atoms. The highest BCUT2D eigenvalue weighted by Crippen LogP contribution is 2.28. The van der Waals surface area contributed by atoms with E-state index in [1.54, 1.807) is 0 Å².